The highest BCUT2D eigenvalue weighted by Gasteiger charge is 2.20. The van der Waals surface area contributed by atoms with Crippen LogP contribution in [0.5, 0.6) is 0 Å². The molecule has 0 aliphatic rings. The van der Waals surface area contributed by atoms with Crippen molar-refractivity contribution in [3.8, 4) is 0 Å². The van der Waals surface area contributed by atoms with E-state index in [1.165, 1.54) is 19.3 Å². The maximum absolute atomic E-state index is 11.0. The Balaban J connectivity index is 3.79. The number of hydrogen-bond acceptors (Lipinski definition) is 3. The third kappa shape index (κ3) is 11.0. The highest BCUT2D eigenvalue weighted by molar-refractivity contribution is 8.13. The van der Waals surface area contributed by atoms with Gasteiger partial charge >= 0.3 is 0 Å². The molecule has 0 saturated carbocycles. The summed E-state index contributed by atoms with van der Waals surface area (Å²) in [4.78, 5) is 0. The van der Waals surface area contributed by atoms with Crippen molar-refractivity contribution in [1.82, 2.24) is 0 Å². The van der Waals surface area contributed by atoms with Gasteiger partial charge in [0, 0.05) is 17.3 Å². The maximum Gasteiger partial charge on any atom is 0.232 e. The maximum atomic E-state index is 11.0. The Kier molecular flexibility index (Phi) is 9.28. The first kappa shape index (κ1) is 17.2. The van der Waals surface area contributed by atoms with Gasteiger partial charge in [0.1, 0.15) is 0 Å². The molecule has 0 spiro atoms. The molecule has 1 atom stereocenters. The van der Waals surface area contributed by atoms with E-state index in [1.807, 2.05) is 13.8 Å². The molecule has 0 heterocycles. The van der Waals surface area contributed by atoms with E-state index in [1.54, 1.807) is 0 Å². The summed E-state index contributed by atoms with van der Waals surface area (Å²) in [5.41, 5.74) is 0. The van der Waals surface area contributed by atoms with Gasteiger partial charge in [0.15, 0.2) is 0 Å². The van der Waals surface area contributed by atoms with E-state index in [-0.39, 0.29) is 17.6 Å². The van der Waals surface area contributed by atoms with E-state index in [0.29, 0.717) is 13.2 Å². The third-order valence-corrected chi connectivity index (χ3v) is 4.03. The van der Waals surface area contributed by atoms with E-state index in [4.69, 9.17) is 15.4 Å². The smallest absolute Gasteiger partial charge is 0.232 e. The van der Waals surface area contributed by atoms with Crippen molar-refractivity contribution < 1.29 is 13.2 Å². The molecule has 0 aliphatic carbocycles. The molecule has 17 heavy (non-hydrogen) atoms. The van der Waals surface area contributed by atoms with Gasteiger partial charge in [0.2, 0.25) is 9.05 Å². The van der Waals surface area contributed by atoms with Crippen LogP contribution in [0.4, 0.5) is 0 Å². The van der Waals surface area contributed by atoms with Gasteiger partial charge in [-0.05, 0) is 18.3 Å². The summed E-state index contributed by atoms with van der Waals surface area (Å²) in [5, 5.41) is 0. The molecule has 0 aromatic carbocycles. The topological polar surface area (TPSA) is 43.4 Å². The Morgan fingerprint density at radius 1 is 1.18 bits per heavy atom. The normalized spacial score (nSPS) is 14.2. The minimum Gasteiger partial charge on any atom is -0.381 e. The Morgan fingerprint density at radius 3 is 2.29 bits per heavy atom. The van der Waals surface area contributed by atoms with E-state index >= 15 is 0 Å². The lowest BCUT2D eigenvalue weighted by Gasteiger charge is -2.19. The number of unbranched alkanes of at least 4 members (excludes halogenated alkanes) is 3. The van der Waals surface area contributed by atoms with Crippen LogP contribution in [-0.4, -0.2) is 27.4 Å². The zero-order chi connectivity index (χ0) is 13.3. The Labute approximate surface area is 110 Å². The van der Waals surface area contributed by atoms with Gasteiger partial charge in [-0.15, -0.1) is 0 Å². The monoisotopic (exact) mass is 284 g/mol. The van der Waals surface area contributed by atoms with Gasteiger partial charge in [0.25, 0.3) is 0 Å². The molecule has 5 heteroatoms. The molecular weight excluding hydrogens is 260 g/mol. The predicted molar refractivity (Wildman–Crippen MR) is 72.9 cm³/mol. The van der Waals surface area contributed by atoms with Gasteiger partial charge in [0.05, 0.1) is 12.4 Å². The van der Waals surface area contributed by atoms with E-state index in [0.717, 1.165) is 6.42 Å². The van der Waals surface area contributed by atoms with Crippen molar-refractivity contribution in [1.29, 1.82) is 0 Å². The van der Waals surface area contributed by atoms with Crippen molar-refractivity contribution in [3.05, 3.63) is 0 Å². The first-order valence-corrected chi connectivity index (χ1v) is 8.84. The quantitative estimate of drug-likeness (QED) is 0.456. The second-order valence-electron chi connectivity index (χ2n) is 4.85. The average Bonchev–Trinajstić information content (AvgIpc) is 2.19. The number of halogens is 1. The van der Waals surface area contributed by atoms with Crippen LogP contribution in [0.15, 0.2) is 0 Å². The lowest BCUT2D eigenvalue weighted by atomic mass is 9.99. The Hall–Kier alpha value is 0.200. The van der Waals surface area contributed by atoms with E-state index < -0.39 is 9.05 Å². The van der Waals surface area contributed by atoms with Crippen LogP contribution in [0.3, 0.4) is 0 Å². The van der Waals surface area contributed by atoms with Crippen molar-refractivity contribution in [2.75, 3.05) is 19.0 Å². The minimum atomic E-state index is -3.43. The molecule has 0 amide bonds. The molecule has 0 aromatic rings. The van der Waals surface area contributed by atoms with Crippen LogP contribution < -0.4 is 0 Å². The largest absolute Gasteiger partial charge is 0.381 e. The molecular formula is C12H25ClO3S. The van der Waals surface area contributed by atoms with Gasteiger partial charge in [-0.25, -0.2) is 8.42 Å². The van der Waals surface area contributed by atoms with Crippen molar-refractivity contribution >= 4 is 19.7 Å². The number of rotatable bonds is 10. The van der Waals surface area contributed by atoms with Crippen molar-refractivity contribution in [2.45, 2.75) is 46.5 Å². The zero-order valence-corrected chi connectivity index (χ0v) is 12.7. The van der Waals surface area contributed by atoms with Crippen LogP contribution >= 0.6 is 10.7 Å². The van der Waals surface area contributed by atoms with E-state index in [2.05, 4.69) is 6.92 Å². The molecule has 104 valence electrons. The minimum absolute atomic E-state index is 0.00117. The fraction of sp³-hybridized carbons (Fsp3) is 1.00. The Bertz CT molecular complexity index is 275. The average molecular weight is 285 g/mol. The summed E-state index contributed by atoms with van der Waals surface area (Å²) in [6, 6.07) is 0. The molecule has 0 radical (unpaired) electrons. The van der Waals surface area contributed by atoms with Gasteiger partial charge in [-0.3, -0.25) is 0 Å². The number of ether oxygens (including phenoxy) is 1. The molecule has 0 aliphatic heterocycles. The Morgan fingerprint density at radius 2 is 1.82 bits per heavy atom. The summed E-state index contributed by atoms with van der Waals surface area (Å²) < 4.78 is 27.6. The molecule has 0 rings (SSSR count). The molecule has 3 nitrogen and oxygen atoms in total. The van der Waals surface area contributed by atoms with Crippen LogP contribution in [0.2, 0.25) is 0 Å². The summed E-state index contributed by atoms with van der Waals surface area (Å²) in [6.07, 6.45) is 4.66. The van der Waals surface area contributed by atoms with Gasteiger partial charge in [-0.2, -0.15) is 0 Å². The van der Waals surface area contributed by atoms with Crippen LogP contribution in [-0.2, 0) is 13.8 Å². The first-order valence-electron chi connectivity index (χ1n) is 6.37. The highest BCUT2D eigenvalue weighted by atomic mass is 35.7. The SMILES string of the molecule is CCCCCCOCC(CS(=O)(=O)Cl)C(C)C. The van der Waals surface area contributed by atoms with Crippen LogP contribution in [0.25, 0.3) is 0 Å². The third-order valence-electron chi connectivity index (χ3n) is 2.83. The molecule has 0 bridgehead atoms. The van der Waals surface area contributed by atoms with Crippen LogP contribution in [0.1, 0.15) is 46.5 Å². The predicted octanol–water partition coefficient (Wildman–Crippen LogP) is 3.42. The van der Waals surface area contributed by atoms with Gasteiger partial charge < -0.3 is 4.74 Å². The lowest BCUT2D eigenvalue weighted by molar-refractivity contribution is 0.0879. The standard InChI is InChI=1S/C12H25ClO3S/c1-4-5-6-7-8-16-9-12(11(2)3)10-17(13,14)15/h11-12H,4-10H2,1-3H3. The van der Waals surface area contributed by atoms with Crippen molar-refractivity contribution in [2.24, 2.45) is 11.8 Å². The van der Waals surface area contributed by atoms with Gasteiger partial charge in [-0.1, -0.05) is 40.0 Å². The summed E-state index contributed by atoms with van der Waals surface area (Å²) in [6.45, 7) is 7.35. The van der Waals surface area contributed by atoms with E-state index in [9.17, 15) is 8.42 Å². The molecule has 0 aromatic heterocycles. The summed E-state index contributed by atoms with van der Waals surface area (Å²) in [5.74, 6) is 0.254. The lowest BCUT2D eigenvalue weighted by Crippen LogP contribution is -2.23. The molecule has 0 fully saturated rings. The van der Waals surface area contributed by atoms with Crippen LogP contribution in [0, 0.1) is 11.8 Å². The first-order chi connectivity index (χ1) is 7.87. The fourth-order valence-electron chi connectivity index (χ4n) is 1.55. The fourth-order valence-corrected chi connectivity index (χ4v) is 3.03. The molecule has 0 saturated heterocycles. The second kappa shape index (κ2) is 9.17. The summed E-state index contributed by atoms with van der Waals surface area (Å²) >= 11 is 0. The highest BCUT2D eigenvalue weighted by Crippen LogP contribution is 2.16. The van der Waals surface area contributed by atoms with Crippen molar-refractivity contribution in [3.63, 3.8) is 0 Å². The number of hydrogen-bond donors (Lipinski definition) is 0. The molecule has 0 N–H and O–H groups in total. The summed E-state index contributed by atoms with van der Waals surface area (Å²) in [7, 11) is 1.84. The zero-order valence-electron chi connectivity index (χ0n) is 11.1. The second-order valence-corrected chi connectivity index (χ2v) is 7.67. The molecule has 1 unspecified atom stereocenters.